The molecule has 0 spiro atoms. The second-order valence-corrected chi connectivity index (χ2v) is 7.40. The zero-order valence-corrected chi connectivity index (χ0v) is 12.8. The minimum Gasteiger partial charge on any atom is -0.480 e. The van der Waals surface area contributed by atoms with E-state index >= 15 is 0 Å². The van der Waals surface area contributed by atoms with Crippen molar-refractivity contribution in [2.75, 3.05) is 30.9 Å². The molecule has 0 aromatic carbocycles. The summed E-state index contributed by atoms with van der Waals surface area (Å²) in [5, 5.41) is 11.8. The third kappa shape index (κ3) is 5.02. The van der Waals surface area contributed by atoms with Crippen molar-refractivity contribution in [3.05, 3.63) is 0 Å². The van der Waals surface area contributed by atoms with Crippen LogP contribution in [0.3, 0.4) is 0 Å². The van der Waals surface area contributed by atoms with Gasteiger partial charge in [-0.1, -0.05) is 6.92 Å². The highest BCUT2D eigenvalue weighted by atomic mass is 32.2. The van der Waals surface area contributed by atoms with Crippen molar-refractivity contribution < 1.29 is 18.9 Å². The number of aliphatic carboxylic acids is 1. The fourth-order valence-corrected chi connectivity index (χ4v) is 3.19. The highest BCUT2D eigenvalue weighted by Crippen LogP contribution is 2.16. The molecule has 1 fully saturated rings. The molecule has 0 aromatic rings. The summed E-state index contributed by atoms with van der Waals surface area (Å²) in [5.74, 6) is 0.218. The van der Waals surface area contributed by atoms with E-state index in [-0.39, 0.29) is 11.3 Å². The van der Waals surface area contributed by atoms with Gasteiger partial charge in [-0.05, 0) is 6.42 Å². The maximum absolute atomic E-state index is 11.9. The van der Waals surface area contributed by atoms with E-state index < -0.39 is 22.8 Å². The fourth-order valence-electron chi connectivity index (χ4n) is 1.70. The van der Waals surface area contributed by atoms with Crippen LogP contribution in [0.15, 0.2) is 0 Å². The van der Waals surface area contributed by atoms with Crippen LogP contribution in [0.4, 0.5) is 4.79 Å². The standard InChI is InChI=1S/C11H20N2O4S2/c1-8(19(2)17)3-4-12-11(16)13-5-6-18-7-9(13)10(14)15/h8-9H,3-7H2,1-2H3,(H,12,16)(H,14,15). The van der Waals surface area contributed by atoms with E-state index in [0.29, 0.717) is 25.3 Å². The number of amides is 2. The number of rotatable bonds is 5. The third-order valence-corrected chi connectivity index (χ3v) is 5.46. The highest BCUT2D eigenvalue weighted by Gasteiger charge is 2.32. The Morgan fingerprint density at radius 3 is 2.84 bits per heavy atom. The van der Waals surface area contributed by atoms with E-state index in [2.05, 4.69) is 5.32 Å². The Morgan fingerprint density at radius 2 is 2.26 bits per heavy atom. The maximum atomic E-state index is 11.9. The summed E-state index contributed by atoms with van der Waals surface area (Å²) < 4.78 is 11.2. The number of carboxylic acid groups (broad SMARTS) is 1. The second-order valence-electron chi connectivity index (χ2n) is 4.45. The molecular formula is C11H20N2O4S2. The zero-order valence-electron chi connectivity index (χ0n) is 11.1. The SMILES string of the molecule is CC(CCNC(=O)N1CCSCC1C(=O)O)S(C)=O. The zero-order chi connectivity index (χ0) is 14.4. The smallest absolute Gasteiger partial charge is 0.327 e. The van der Waals surface area contributed by atoms with Crippen LogP contribution in [0.25, 0.3) is 0 Å². The first-order valence-corrected chi connectivity index (χ1v) is 8.88. The lowest BCUT2D eigenvalue weighted by atomic mass is 10.3. The molecule has 0 aliphatic carbocycles. The van der Waals surface area contributed by atoms with Crippen LogP contribution in [0, 0.1) is 0 Å². The van der Waals surface area contributed by atoms with E-state index in [4.69, 9.17) is 5.11 Å². The van der Waals surface area contributed by atoms with Gasteiger partial charge >= 0.3 is 12.0 Å². The lowest BCUT2D eigenvalue weighted by molar-refractivity contribution is -0.141. The second kappa shape index (κ2) is 7.74. The van der Waals surface area contributed by atoms with Gasteiger partial charge in [-0.2, -0.15) is 11.8 Å². The molecule has 1 aliphatic rings. The number of nitrogens with zero attached hydrogens (tertiary/aromatic N) is 1. The molecule has 8 heteroatoms. The molecular weight excluding hydrogens is 288 g/mol. The average Bonchev–Trinajstić information content (AvgIpc) is 2.38. The van der Waals surface area contributed by atoms with Gasteiger partial charge in [0.15, 0.2) is 0 Å². The van der Waals surface area contributed by atoms with Gasteiger partial charge in [-0.3, -0.25) is 4.21 Å². The molecule has 1 saturated heterocycles. The monoisotopic (exact) mass is 308 g/mol. The minimum atomic E-state index is -0.967. The summed E-state index contributed by atoms with van der Waals surface area (Å²) in [6, 6.07) is -1.10. The molecule has 0 saturated carbocycles. The first kappa shape index (κ1) is 16.3. The van der Waals surface area contributed by atoms with Crippen molar-refractivity contribution in [2.24, 2.45) is 0 Å². The number of urea groups is 1. The average molecular weight is 308 g/mol. The molecule has 2 N–H and O–H groups in total. The van der Waals surface area contributed by atoms with E-state index in [0.717, 1.165) is 5.75 Å². The van der Waals surface area contributed by atoms with Crippen LogP contribution in [0.5, 0.6) is 0 Å². The Kier molecular flexibility index (Phi) is 6.64. The molecule has 110 valence electrons. The molecule has 1 heterocycles. The van der Waals surface area contributed by atoms with E-state index in [1.165, 1.54) is 4.90 Å². The molecule has 0 bridgehead atoms. The van der Waals surface area contributed by atoms with Crippen LogP contribution in [0.1, 0.15) is 13.3 Å². The predicted molar refractivity (Wildman–Crippen MR) is 77.0 cm³/mol. The number of hydrogen-bond acceptors (Lipinski definition) is 4. The van der Waals surface area contributed by atoms with Crippen molar-refractivity contribution in [2.45, 2.75) is 24.6 Å². The lowest BCUT2D eigenvalue weighted by Crippen LogP contribution is -2.54. The van der Waals surface area contributed by atoms with Gasteiger partial charge in [0, 0.05) is 46.9 Å². The van der Waals surface area contributed by atoms with Crippen LogP contribution in [-0.4, -0.2) is 68.4 Å². The lowest BCUT2D eigenvalue weighted by Gasteiger charge is -2.32. The van der Waals surface area contributed by atoms with Crippen LogP contribution in [-0.2, 0) is 15.6 Å². The summed E-state index contributed by atoms with van der Waals surface area (Å²) in [5.41, 5.74) is 0. The number of carbonyl (C=O) groups excluding carboxylic acids is 1. The van der Waals surface area contributed by atoms with E-state index in [1.807, 2.05) is 6.92 Å². The Morgan fingerprint density at radius 1 is 1.58 bits per heavy atom. The van der Waals surface area contributed by atoms with Crippen molar-refractivity contribution in [3.8, 4) is 0 Å². The Bertz CT molecular complexity index is 365. The first-order valence-electron chi connectivity index (χ1n) is 6.10. The van der Waals surface area contributed by atoms with Crippen LogP contribution < -0.4 is 5.32 Å². The summed E-state index contributed by atoms with van der Waals surface area (Å²) in [7, 11) is -0.906. The molecule has 19 heavy (non-hydrogen) atoms. The number of carbonyl (C=O) groups is 2. The van der Waals surface area contributed by atoms with Gasteiger partial charge < -0.3 is 15.3 Å². The summed E-state index contributed by atoms with van der Waals surface area (Å²) in [6.45, 7) is 2.72. The van der Waals surface area contributed by atoms with Gasteiger partial charge in [-0.25, -0.2) is 9.59 Å². The van der Waals surface area contributed by atoms with Gasteiger partial charge in [0.25, 0.3) is 0 Å². The Balaban J connectivity index is 2.43. The predicted octanol–water partition coefficient (Wildman–Crippen LogP) is 0.355. The number of thioether (sulfide) groups is 1. The first-order chi connectivity index (χ1) is 8.93. The summed E-state index contributed by atoms with van der Waals surface area (Å²) >= 11 is 1.54. The molecule has 3 unspecified atom stereocenters. The van der Waals surface area contributed by atoms with E-state index in [1.54, 1.807) is 18.0 Å². The number of hydrogen-bond donors (Lipinski definition) is 2. The number of nitrogens with one attached hydrogen (secondary N) is 1. The Hall–Kier alpha value is -0.760. The molecule has 1 rings (SSSR count). The van der Waals surface area contributed by atoms with Crippen molar-refractivity contribution in [1.29, 1.82) is 0 Å². The molecule has 3 atom stereocenters. The van der Waals surface area contributed by atoms with Crippen molar-refractivity contribution in [1.82, 2.24) is 10.2 Å². The van der Waals surface area contributed by atoms with Gasteiger partial charge in [0.2, 0.25) is 0 Å². The van der Waals surface area contributed by atoms with E-state index in [9.17, 15) is 13.8 Å². The van der Waals surface area contributed by atoms with Gasteiger partial charge in [0.1, 0.15) is 6.04 Å². The largest absolute Gasteiger partial charge is 0.480 e. The molecule has 1 aliphatic heterocycles. The van der Waals surface area contributed by atoms with Crippen molar-refractivity contribution in [3.63, 3.8) is 0 Å². The van der Waals surface area contributed by atoms with Gasteiger partial charge in [-0.15, -0.1) is 0 Å². The fraction of sp³-hybridized carbons (Fsp3) is 0.818. The quantitative estimate of drug-likeness (QED) is 0.765. The Labute approximate surface area is 119 Å². The molecule has 0 radical (unpaired) electrons. The highest BCUT2D eigenvalue weighted by molar-refractivity contribution is 7.99. The molecule has 2 amide bonds. The summed E-state index contributed by atoms with van der Waals surface area (Å²) in [6.07, 6.45) is 2.25. The number of carboxylic acids is 1. The molecule has 0 aromatic heterocycles. The maximum Gasteiger partial charge on any atom is 0.327 e. The topological polar surface area (TPSA) is 86.7 Å². The molecule has 6 nitrogen and oxygen atoms in total. The summed E-state index contributed by atoms with van der Waals surface area (Å²) in [4.78, 5) is 24.4. The normalized spacial score (nSPS) is 22.6. The van der Waals surface area contributed by atoms with Crippen LogP contribution >= 0.6 is 11.8 Å². The van der Waals surface area contributed by atoms with Crippen LogP contribution in [0.2, 0.25) is 0 Å². The van der Waals surface area contributed by atoms with Gasteiger partial charge in [0.05, 0.1) is 0 Å². The van der Waals surface area contributed by atoms with Crippen molar-refractivity contribution >= 4 is 34.6 Å². The third-order valence-electron chi connectivity index (χ3n) is 3.07. The minimum absolute atomic E-state index is 0.0208.